The lowest BCUT2D eigenvalue weighted by atomic mass is 10.0. The smallest absolute Gasteiger partial charge is 0.268 e. The number of carbonyl (C=O) groups is 1. The van der Waals surface area contributed by atoms with Crippen molar-refractivity contribution in [2.24, 2.45) is 5.92 Å². The van der Waals surface area contributed by atoms with Gasteiger partial charge in [-0.25, -0.2) is 13.1 Å². The monoisotopic (exact) mass is 554 g/mol. The van der Waals surface area contributed by atoms with E-state index in [-0.39, 0.29) is 30.3 Å². The van der Waals surface area contributed by atoms with Crippen molar-refractivity contribution in [3.8, 4) is 16.9 Å². The number of sulfonamides is 1. The predicted octanol–water partition coefficient (Wildman–Crippen LogP) is 3.70. The number of nitrogens with one attached hydrogen (secondary N) is 2. The Morgan fingerprint density at radius 1 is 0.974 bits per heavy atom. The van der Waals surface area contributed by atoms with Crippen LogP contribution in [-0.4, -0.2) is 56.6 Å². The van der Waals surface area contributed by atoms with E-state index < -0.39 is 22.0 Å². The maximum atomic E-state index is 12.8. The standard InChI is InChI=1S/C30H38N2O6S/c1-22(2)21-38-29-19-26(13-14-27(29)30(35)32-39(36,37)18-6-17-33)24-11-9-23(10-12-24)15-16-31-20-28(34)25-7-4-3-5-8-25/h3-5,7-14,19,22,28,31,33-34H,6,15-18,20-21H2,1-2H3,(H,32,35)/t28-/m0/s1. The highest BCUT2D eigenvalue weighted by atomic mass is 32.2. The maximum Gasteiger partial charge on any atom is 0.268 e. The van der Waals surface area contributed by atoms with Gasteiger partial charge in [0.25, 0.3) is 5.91 Å². The maximum absolute atomic E-state index is 12.8. The van der Waals surface area contributed by atoms with E-state index in [1.54, 1.807) is 18.2 Å². The van der Waals surface area contributed by atoms with Gasteiger partial charge in [0.1, 0.15) is 5.75 Å². The lowest BCUT2D eigenvalue weighted by Gasteiger charge is -2.15. The van der Waals surface area contributed by atoms with Gasteiger partial charge in [0.2, 0.25) is 10.0 Å². The van der Waals surface area contributed by atoms with Gasteiger partial charge in [-0.15, -0.1) is 0 Å². The molecule has 8 nitrogen and oxygen atoms in total. The van der Waals surface area contributed by atoms with E-state index in [2.05, 4.69) is 10.0 Å². The molecule has 0 fully saturated rings. The number of aliphatic hydroxyl groups excluding tert-OH is 2. The van der Waals surface area contributed by atoms with Crippen LogP contribution in [0.1, 0.15) is 47.9 Å². The van der Waals surface area contributed by atoms with Crippen molar-refractivity contribution >= 4 is 15.9 Å². The van der Waals surface area contributed by atoms with Crippen LogP contribution in [0.3, 0.4) is 0 Å². The first-order chi connectivity index (χ1) is 18.7. The Bertz CT molecular complexity index is 1290. The SMILES string of the molecule is CC(C)COc1cc(-c2ccc(CCNC[C@H](O)c3ccccc3)cc2)ccc1C(=O)NS(=O)(=O)CCCO. The fourth-order valence-electron chi connectivity index (χ4n) is 3.90. The van der Waals surface area contributed by atoms with E-state index >= 15 is 0 Å². The Morgan fingerprint density at radius 3 is 2.33 bits per heavy atom. The van der Waals surface area contributed by atoms with Crippen molar-refractivity contribution < 1.29 is 28.2 Å². The number of rotatable bonds is 15. The molecule has 4 N–H and O–H groups in total. The third-order valence-corrected chi connectivity index (χ3v) is 7.34. The van der Waals surface area contributed by atoms with Gasteiger partial charge in [-0.05, 0) is 59.7 Å². The van der Waals surface area contributed by atoms with Gasteiger partial charge in [-0.3, -0.25) is 4.79 Å². The summed E-state index contributed by atoms with van der Waals surface area (Å²) in [6.07, 6.45) is 0.292. The number of ether oxygens (including phenoxy) is 1. The molecule has 0 spiro atoms. The number of hydrogen-bond donors (Lipinski definition) is 4. The molecule has 0 bridgehead atoms. The fraction of sp³-hybridized carbons (Fsp3) is 0.367. The van der Waals surface area contributed by atoms with Crippen LogP contribution in [-0.2, 0) is 16.4 Å². The van der Waals surface area contributed by atoms with E-state index in [0.717, 1.165) is 35.2 Å². The van der Waals surface area contributed by atoms with Gasteiger partial charge >= 0.3 is 0 Å². The minimum Gasteiger partial charge on any atom is -0.492 e. The molecule has 0 radical (unpaired) electrons. The topological polar surface area (TPSA) is 125 Å². The molecule has 1 amide bonds. The lowest BCUT2D eigenvalue weighted by Crippen LogP contribution is -2.33. The Labute approximate surface area is 231 Å². The zero-order chi connectivity index (χ0) is 28.3. The molecule has 39 heavy (non-hydrogen) atoms. The van der Waals surface area contributed by atoms with Crippen LogP contribution in [0.15, 0.2) is 72.8 Å². The first-order valence-corrected chi connectivity index (χ1v) is 14.8. The Morgan fingerprint density at radius 2 is 1.67 bits per heavy atom. The van der Waals surface area contributed by atoms with Crippen LogP contribution in [0.25, 0.3) is 11.1 Å². The van der Waals surface area contributed by atoms with E-state index in [9.17, 15) is 18.3 Å². The zero-order valence-corrected chi connectivity index (χ0v) is 23.3. The second-order valence-corrected chi connectivity index (χ2v) is 11.7. The summed E-state index contributed by atoms with van der Waals surface area (Å²) in [4.78, 5) is 12.8. The van der Waals surface area contributed by atoms with Crippen LogP contribution in [0.4, 0.5) is 0 Å². The average molecular weight is 555 g/mol. The number of benzene rings is 3. The third kappa shape index (κ3) is 9.78. The molecule has 0 heterocycles. The summed E-state index contributed by atoms with van der Waals surface area (Å²) in [5.74, 6) is -0.593. The number of carbonyl (C=O) groups excluding carboxylic acids is 1. The van der Waals surface area contributed by atoms with Crippen LogP contribution in [0.5, 0.6) is 5.75 Å². The average Bonchev–Trinajstić information content (AvgIpc) is 2.93. The molecule has 0 aromatic heterocycles. The molecule has 0 saturated heterocycles. The van der Waals surface area contributed by atoms with Gasteiger partial charge in [0.05, 0.1) is 24.0 Å². The third-order valence-electron chi connectivity index (χ3n) is 6.02. The zero-order valence-electron chi connectivity index (χ0n) is 22.5. The molecule has 0 aliphatic carbocycles. The van der Waals surface area contributed by atoms with Crippen LogP contribution >= 0.6 is 0 Å². The van der Waals surface area contributed by atoms with Gasteiger partial charge < -0.3 is 20.3 Å². The molecule has 0 aliphatic heterocycles. The highest BCUT2D eigenvalue weighted by Crippen LogP contribution is 2.28. The number of hydrogen-bond acceptors (Lipinski definition) is 7. The molecular weight excluding hydrogens is 516 g/mol. The van der Waals surface area contributed by atoms with Crippen molar-refractivity contribution in [1.82, 2.24) is 10.0 Å². The minimum atomic E-state index is -3.87. The van der Waals surface area contributed by atoms with Crippen molar-refractivity contribution in [3.63, 3.8) is 0 Å². The van der Waals surface area contributed by atoms with Crippen LogP contribution < -0.4 is 14.8 Å². The van der Waals surface area contributed by atoms with Crippen LogP contribution in [0.2, 0.25) is 0 Å². The van der Waals surface area contributed by atoms with Gasteiger partial charge in [-0.2, -0.15) is 0 Å². The largest absolute Gasteiger partial charge is 0.492 e. The number of amides is 1. The second-order valence-electron chi connectivity index (χ2n) is 9.82. The van der Waals surface area contributed by atoms with Gasteiger partial charge in [-0.1, -0.05) is 74.5 Å². The molecule has 9 heteroatoms. The molecule has 3 aromatic rings. The molecule has 3 rings (SSSR count). The summed E-state index contributed by atoms with van der Waals surface area (Å²) in [5, 5.41) is 22.5. The van der Waals surface area contributed by atoms with Crippen molar-refractivity contribution in [2.45, 2.75) is 32.8 Å². The minimum absolute atomic E-state index is 0.0416. The van der Waals surface area contributed by atoms with Crippen molar-refractivity contribution in [1.29, 1.82) is 0 Å². The van der Waals surface area contributed by atoms with E-state index in [4.69, 9.17) is 9.84 Å². The Balaban J connectivity index is 1.65. The van der Waals surface area contributed by atoms with E-state index in [1.807, 2.05) is 68.4 Å². The summed E-state index contributed by atoms with van der Waals surface area (Å²) < 4.78 is 32.3. The van der Waals surface area contributed by atoms with Gasteiger partial charge in [0.15, 0.2) is 0 Å². The summed E-state index contributed by atoms with van der Waals surface area (Å²) in [6.45, 7) is 5.26. The van der Waals surface area contributed by atoms with Crippen molar-refractivity contribution in [2.75, 3.05) is 32.1 Å². The first-order valence-electron chi connectivity index (χ1n) is 13.1. The quantitative estimate of drug-likeness (QED) is 0.211. The van der Waals surface area contributed by atoms with E-state index in [1.165, 1.54) is 0 Å². The molecule has 0 saturated carbocycles. The molecule has 1 atom stereocenters. The normalized spacial score (nSPS) is 12.3. The van der Waals surface area contributed by atoms with E-state index in [0.29, 0.717) is 18.9 Å². The predicted molar refractivity (Wildman–Crippen MR) is 153 cm³/mol. The summed E-state index contributed by atoms with van der Waals surface area (Å²) in [5.41, 5.74) is 3.93. The molecule has 3 aromatic carbocycles. The van der Waals surface area contributed by atoms with Crippen molar-refractivity contribution in [3.05, 3.63) is 89.5 Å². The number of aliphatic hydroxyl groups is 2. The second kappa shape index (κ2) is 14.8. The molecule has 0 aliphatic rings. The summed E-state index contributed by atoms with van der Waals surface area (Å²) >= 11 is 0. The van der Waals surface area contributed by atoms with Crippen LogP contribution in [0, 0.1) is 5.92 Å². The molecule has 210 valence electrons. The Kier molecular flexibility index (Phi) is 11.5. The highest BCUT2D eigenvalue weighted by Gasteiger charge is 2.20. The lowest BCUT2D eigenvalue weighted by molar-refractivity contribution is 0.0976. The molecular formula is C30H38N2O6S. The van der Waals surface area contributed by atoms with Gasteiger partial charge in [0, 0.05) is 13.2 Å². The highest BCUT2D eigenvalue weighted by molar-refractivity contribution is 7.90. The Hall–Kier alpha value is -3.24. The first kappa shape index (κ1) is 30.3. The molecule has 0 unspecified atom stereocenters. The summed E-state index contributed by atoms with van der Waals surface area (Å²) in [6, 6.07) is 22.7. The fourth-order valence-corrected chi connectivity index (χ4v) is 4.90. The summed E-state index contributed by atoms with van der Waals surface area (Å²) in [7, 11) is -3.87.